The summed E-state index contributed by atoms with van der Waals surface area (Å²) in [7, 11) is 2.22. The van der Waals surface area contributed by atoms with Crippen LogP contribution in [0.2, 0.25) is 0 Å². The molecule has 0 saturated carbocycles. The normalized spacial score (nSPS) is 32.1. The molecule has 0 radical (unpaired) electrons. The molecule has 0 spiro atoms. The van der Waals surface area contributed by atoms with Gasteiger partial charge in [-0.3, -0.25) is 4.90 Å². The Morgan fingerprint density at radius 2 is 2.29 bits per heavy atom. The average Bonchev–Trinajstić information content (AvgIpc) is 2.77. The van der Waals surface area contributed by atoms with E-state index in [1.807, 2.05) is 6.07 Å². The molecule has 17 heavy (non-hydrogen) atoms. The van der Waals surface area contributed by atoms with Gasteiger partial charge in [0.05, 0.1) is 6.26 Å². The van der Waals surface area contributed by atoms with E-state index in [9.17, 15) is 0 Å². The number of fused-ring (bicyclic) bond motifs is 1. The van der Waals surface area contributed by atoms with Crippen molar-refractivity contribution in [3.8, 4) is 0 Å². The zero-order valence-electron chi connectivity index (χ0n) is 10.4. The molecule has 0 amide bonds. The maximum absolute atomic E-state index is 5.63. The van der Waals surface area contributed by atoms with Crippen molar-refractivity contribution >= 4 is 0 Å². The van der Waals surface area contributed by atoms with Crippen LogP contribution in [-0.4, -0.2) is 62.2 Å². The molecule has 2 unspecified atom stereocenters. The van der Waals surface area contributed by atoms with Gasteiger partial charge in [0.15, 0.2) is 0 Å². The van der Waals surface area contributed by atoms with E-state index in [-0.39, 0.29) is 0 Å². The fourth-order valence-corrected chi connectivity index (χ4v) is 3.06. The molecule has 2 aliphatic rings. The van der Waals surface area contributed by atoms with Gasteiger partial charge in [-0.2, -0.15) is 0 Å². The van der Waals surface area contributed by atoms with Gasteiger partial charge in [-0.1, -0.05) is 0 Å². The van der Waals surface area contributed by atoms with Crippen molar-refractivity contribution in [2.75, 3.05) is 46.3 Å². The van der Waals surface area contributed by atoms with Gasteiger partial charge in [0.2, 0.25) is 0 Å². The Morgan fingerprint density at radius 3 is 3.12 bits per heavy atom. The van der Waals surface area contributed by atoms with Crippen molar-refractivity contribution in [3.63, 3.8) is 0 Å². The Morgan fingerprint density at radius 1 is 1.35 bits per heavy atom. The van der Waals surface area contributed by atoms with Crippen LogP contribution in [-0.2, 0) is 0 Å². The lowest BCUT2D eigenvalue weighted by atomic mass is 9.94. The lowest BCUT2D eigenvalue weighted by molar-refractivity contribution is 0.0810. The molecule has 0 aliphatic carbocycles. The minimum Gasteiger partial charge on any atom is -0.469 e. The maximum Gasteiger partial charge on any atom is 0.109 e. The summed E-state index contributed by atoms with van der Waals surface area (Å²) >= 11 is 0. The lowest BCUT2D eigenvalue weighted by Gasteiger charge is -2.41. The summed E-state index contributed by atoms with van der Waals surface area (Å²) < 4.78 is 5.63. The van der Waals surface area contributed by atoms with E-state index >= 15 is 0 Å². The third-order valence-corrected chi connectivity index (χ3v) is 4.05. The van der Waals surface area contributed by atoms with Crippen molar-refractivity contribution in [2.24, 2.45) is 0 Å². The minimum absolute atomic E-state index is 0.482. The van der Waals surface area contributed by atoms with Gasteiger partial charge < -0.3 is 14.6 Å². The number of furan rings is 1. The Labute approximate surface area is 103 Å². The van der Waals surface area contributed by atoms with Crippen LogP contribution in [0.4, 0.5) is 0 Å². The molecule has 4 nitrogen and oxygen atoms in total. The van der Waals surface area contributed by atoms with Gasteiger partial charge in [0, 0.05) is 51.2 Å². The highest BCUT2D eigenvalue weighted by Crippen LogP contribution is 2.27. The Hall–Kier alpha value is -0.840. The molecular formula is C13H21N3O. The predicted molar refractivity (Wildman–Crippen MR) is 67.2 cm³/mol. The van der Waals surface area contributed by atoms with E-state index in [4.69, 9.17) is 4.42 Å². The molecular weight excluding hydrogens is 214 g/mol. The number of hydrogen-bond donors (Lipinski definition) is 1. The second-order valence-corrected chi connectivity index (χ2v) is 5.19. The van der Waals surface area contributed by atoms with E-state index in [2.05, 4.69) is 28.2 Å². The smallest absolute Gasteiger partial charge is 0.109 e. The highest BCUT2D eigenvalue weighted by molar-refractivity contribution is 5.12. The van der Waals surface area contributed by atoms with Crippen molar-refractivity contribution in [1.82, 2.24) is 15.1 Å². The molecule has 3 rings (SSSR count). The standard InChI is InChI=1S/C13H21N3O/c1-15-6-7-16-5-4-14-9-11(12(16)10-15)13-3-2-8-17-13/h2-3,8,11-12,14H,4-7,9-10H2,1H3. The Bertz CT molecular complexity index is 352. The number of likely N-dealkylation sites (N-methyl/N-ethyl adjacent to an activating group) is 1. The number of nitrogens with one attached hydrogen (secondary N) is 1. The lowest BCUT2D eigenvalue weighted by Crippen LogP contribution is -2.54. The summed E-state index contributed by atoms with van der Waals surface area (Å²) in [6, 6.07) is 4.71. The number of hydrogen-bond acceptors (Lipinski definition) is 4. The third-order valence-electron chi connectivity index (χ3n) is 4.05. The first-order valence-electron chi connectivity index (χ1n) is 6.51. The Kier molecular flexibility index (Phi) is 3.18. The zero-order valence-corrected chi connectivity index (χ0v) is 10.4. The van der Waals surface area contributed by atoms with Crippen molar-refractivity contribution in [2.45, 2.75) is 12.0 Å². The van der Waals surface area contributed by atoms with Crippen LogP contribution in [0, 0.1) is 0 Å². The van der Waals surface area contributed by atoms with Gasteiger partial charge in [0.25, 0.3) is 0 Å². The zero-order chi connectivity index (χ0) is 11.7. The van der Waals surface area contributed by atoms with Crippen LogP contribution in [0.3, 0.4) is 0 Å². The van der Waals surface area contributed by atoms with E-state index in [0.29, 0.717) is 12.0 Å². The largest absolute Gasteiger partial charge is 0.469 e. The van der Waals surface area contributed by atoms with E-state index in [0.717, 1.165) is 31.9 Å². The van der Waals surface area contributed by atoms with Gasteiger partial charge in [-0.25, -0.2) is 0 Å². The summed E-state index contributed by atoms with van der Waals surface area (Å²) in [5, 5.41) is 3.54. The molecule has 0 bridgehead atoms. The van der Waals surface area contributed by atoms with Gasteiger partial charge >= 0.3 is 0 Å². The van der Waals surface area contributed by atoms with Crippen LogP contribution in [0.25, 0.3) is 0 Å². The molecule has 2 fully saturated rings. The second kappa shape index (κ2) is 4.80. The number of rotatable bonds is 1. The van der Waals surface area contributed by atoms with Crippen molar-refractivity contribution in [3.05, 3.63) is 24.2 Å². The molecule has 3 heterocycles. The third kappa shape index (κ3) is 2.25. The maximum atomic E-state index is 5.63. The van der Waals surface area contributed by atoms with E-state index in [1.165, 1.54) is 13.1 Å². The highest BCUT2D eigenvalue weighted by Gasteiger charge is 2.35. The molecule has 2 atom stereocenters. The van der Waals surface area contributed by atoms with Crippen LogP contribution in [0.1, 0.15) is 11.7 Å². The van der Waals surface area contributed by atoms with Crippen LogP contribution in [0.5, 0.6) is 0 Å². The molecule has 2 aliphatic heterocycles. The first kappa shape index (κ1) is 11.3. The van der Waals surface area contributed by atoms with Crippen LogP contribution in [0.15, 0.2) is 22.8 Å². The summed E-state index contributed by atoms with van der Waals surface area (Å²) in [4.78, 5) is 5.05. The molecule has 1 aromatic heterocycles. The summed E-state index contributed by atoms with van der Waals surface area (Å²) in [5.41, 5.74) is 0. The fourth-order valence-electron chi connectivity index (χ4n) is 3.06. The monoisotopic (exact) mass is 235 g/mol. The average molecular weight is 235 g/mol. The molecule has 1 N–H and O–H groups in total. The van der Waals surface area contributed by atoms with E-state index in [1.54, 1.807) is 6.26 Å². The fraction of sp³-hybridized carbons (Fsp3) is 0.692. The van der Waals surface area contributed by atoms with Crippen molar-refractivity contribution < 1.29 is 4.42 Å². The highest BCUT2D eigenvalue weighted by atomic mass is 16.3. The predicted octanol–water partition coefficient (Wildman–Crippen LogP) is 0.582. The summed E-state index contributed by atoms with van der Waals surface area (Å²) in [5.74, 6) is 1.61. The van der Waals surface area contributed by atoms with Crippen LogP contribution >= 0.6 is 0 Å². The van der Waals surface area contributed by atoms with Gasteiger partial charge in [0.1, 0.15) is 5.76 Å². The van der Waals surface area contributed by atoms with Crippen LogP contribution < -0.4 is 5.32 Å². The first-order valence-corrected chi connectivity index (χ1v) is 6.51. The quantitative estimate of drug-likeness (QED) is 0.772. The van der Waals surface area contributed by atoms with Gasteiger partial charge in [-0.05, 0) is 19.2 Å². The molecule has 0 aromatic carbocycles. The summed E-state index contributed by atoms with van der Waals surface area (Å²) in [6.07, 6.45) is 1.79. The Balaban J connectivity index is 1.84. The van der Waals surface area contributed by atoms with E-state index < -0.39 is 0 Å². The summed E-state index contributed by atoms with van der Waals surface area (Å²) in [6.45, 7) is 6.80. The molecule has 1 aromatic rings. The van der Waals surface area contributed by atoms with Crippen molar-refractivity contribution in [1.29, 1.82) is 0 Å². The topological polar surface area (TPSA) is 31.6 Å². The first-order chi connectivity index (χ1) is 8.34. The minimum atomic E-state index is 0.482. The van der Waals surface area contributed by atoms with Gasteiger partial charge in [-0.15, -0.1) is 0 Å². The number of nitrogens with zero attached hydrogens (tertiary/aromatic N) is 2. The molecule has 2 saturated heterocycles. The second-order valence-electron chi connectivity index (χ2n) is 5.19. The SMILES string of the molecule is CN1CCN2CCNCC(c3ccco3)C2C1. The molecule has 4 heteroatoms. The molecule has 94 valence electrons. The number of piperazine rings is 1.